The molecule has 15 atom stereocenters. The summed E-state index contributed by atoms with van der Waals surface area (Å²) in [5.41, 5.74) is 0. The number of ether oxygens (including phenoxy) is 6. The second-order valence-corrected chi connectivity index (χ2v) is 8.55. The van der Waals surface area contributed by atoms with E-state index in [-0.39, 0.29) is 0 Å². The Labute approximate surface area is 199 Å². The average Bonchev–Trinajstić information content (AvgIpc) is 2.86. The second-order valence-electron chi connectivity index (χ2n) is 8.55. The number of rotatable bonds is 8. The zero-order chi connectivity index (χ0) is 26.0. The van der Waals surface area contributed by atoms with Crippen molar-refractivity contribution in [2.45, 2.75) is 92.1 Å². The van der Waals surface area contributed by atoms with E-state index in [4.69, 9.17) is 28.4 Å². The third kappa shape index (κ3) is 5.78. The standard InChI is InChI=1S/C19H34O16/c1-30-17-13(28)11(26)15(7(4-22)33-17)34-19-14(29)16(9(24)6(3-21)32-19)35-18-12(27)10(25)8(23)5(2-20)31-18/h5-29H,2-4H2,1H3/t5?,6-,7?,8-,9-,10?,11?,12-,13-,14?,15+,16?,17+,18+,19-/m0/s1. The Hall–Kier alpha value is -0.640. The first-order chi connectivity index (χ1) is 16.6. The predicted octanol–water partition coefficient (Wildman–Crippen LogP) is -6.92. The molecule has 10 N–H and O–H groups in total. The first kappa shape index (κ1) is 28.9. The van der Waals surface area contributed by atoms with Crippen LogP contribution in [-0.2, 0) is 28.4 Å². The Bertz CT molecular complexity index is 652. The highest BCUT2D eigenvalue weighted by molar-refractivity contribution is 4.96. The molecule has 0 spiro atoms. The molecule has 16 heteroatoms. The highest BCUT2D eigenvalue weighted by Crippen LogP contribution is 2.32. The molecule has 3 aliphatic heterocycles. The number of aliphatic hydroxyl groups is 10. The first-order valence-corrected chi connectivity index (χ1v) is 11.0. The quantitative estimate of drug-likeness (QED) is 0.143. The van der Waals surface area contributed by atoms with Crippen LogP contribution in [0.15, 0.2) is 0 Å². The molecule has 3 heterocycles. The summed E-state index contributed by atoms with van der Waals surface area (Å²) in [6.45, 7) is -2.22. The Morgan fingerprint density at radius 1 is 0.486 bits per heavy atom. The Balaban J connectivity index is 1.78. The number of hydrogen-bond donors (Lipinski definition) is 10. The lowest BCUT2D eigenvalue weighted by atomic mass is 9.96. The fourth-order valence-electron chi connectivity index (χ4n) is 4.23. The van der Waals surface area contributed by atoms with Crippen molar-refractivity contribution in [3.05, 3.63) is 0 Å². The summed E-state index contributed by atoms with van der Waals surface area (Å²) in [5, 5.41) is 101. The molecule has 0 radical (unpaired) electrons. The van der Waals surface area contributed by atoms with Crippen molar-refractivity contribution in [2.75, 3.05) is 26.9 Å². The van der Waals surface area contributed by atoms with Crippen LogP contribution in [0.4, 0.5) is 0 Å². The summed E-state index contributed by atoms with van der Waals surface area (Å²) in [6, 6.07) is 0. The van der Waals surface area contributed by atoms with Crippen LogP contribution in [0, 0.1) is 0 Å². The lowest BCUT2D eigenvalue weighted by Crippen LogP contribution is -2.66. The third-order valence-electron chi connectivity index (χ3n) is 6.31. The van der Waals surface area contributed by atoms with Crippen molar-refractivity contribution in [3.8, 4) is 0 Å². The van der Waals surface area contributed by atoms with Gasteiger partial charge in [-0.25, -0.2) is 0 Å². The van der Waals surface area contributed by atoms with E-state index in [2.05, 4.69) is 0 Å². The van der Waals surface area contributed by atoms with Gasteiger partial charge in [0.2, 0.25) is 0 Å². The maximum Gasteiger partial charge on any atom is 0.187 e. The fourth-order valence-corrected chi connectivity index (χ4v) is 4.23. The zero-order valence-electron chi connectivity index (χ0n) is 18.7. The van der Waals surface area contributed by atoms with E-state index in [1.54, 1.807) is 0 Å². The van der Waals surface area contributed by atoms with Gasteiger partial charge in [0, 0.05) is 7.11 Å². The molecule has 0 saturated carbocycles. The summed E-state index contributed by atoms with van der Waals surface area (Å²) in [5.74, 6) is 0. The molecule has 3 rings (SSSR count). The smallest absolute Gasteiger partial charge is 0.187 e. The molecule has 35 heavy (non-hydrogen) atoms. The SMILES string of the molecule is CO[C@@H]1OC(CO)[C@@H](O[C@@H]2O[C@@H](CO)[C@H](O)C(O[C@H]3OC(CO)[C@H](O)C(O)[C@@H]3O)C2O)C(O)[C@@H]1O. The van der Waals surface area contributed by atoms with Crippen LogP contribution in [0.5, 0.6) is 0 Å². The molecule has 6 unspecified atom stereocenters. The normalized spacial score (nSPS) is 51.3. The molecule has 0 amide bonds. The Kier molecular flexibility index (Phi) is 10.1. The lowest BCUT2D eigenvalue weighted by Gasteiger charge is -2.48. The molecular formula is C19H34O16. The van der Waals surface area contributed by atoms with Crippen LogP contribution in [-0.4, -0.2) is 170 Å². The van der Waals surface area contributed by atoms with Crippen LogP contribution in [0.25, 0.3) is 0 Å². The van der Waals surface area contributed by atoms with Crippen molar-refractivity contribution in [1.29, 1.82) is 0 Å². The molecule has 206 valence electrons. The van der Waals surface area contributed by atoms with Gasteiger partial charge in [0.1, 0.15) is 73.2 Å². The molecule has 3 fully saturated rings. The highest BCUT2D eigenvalue weighted by atomic mass is 16.8. The van der Waals surface area contributed by atoms with E-state index < -0.39 is 112 Å². The summed E-state index contributed by atoms with van der Waals surface area (Å²) in [6.07, 6.45) is -24.1. The molecule has 0 aromatic rings. The van der Waals surface area contributed by atoms with Gasteiger partial charge in [-0.3, -0.25) is 0 Å². The van der Waals surface area contributed by atoms with E-state index in [0.717, 1.165) is 0 Å². The van der Waals surface area contributed by atoms with E-state index in [1.165, 1.54) is 7.11 Å². The summed E-state index contributed by atoms with van der Waals surface area (Å²) >= 11 is 0. The van der Waals surface area contributed by atoms with Crippen molar-refractivity contribution in [3.63, 3.8) is 0 Å². The van der Waals surface area contributed by atoms with Gasteiger partial charge < -0.3 is 79.5 Å². The van der Waals surface area contributed by atoms with Gasteiger partial charge in [0.25, 0.3) is 0 Å². The van der Waals surface area contributed by atoms with Gasteiger partial charge in [0.05, 0.1) is 19.8 Å². The summed E-state index contributed by atoms with van der Waals surface area (Å²) < 4.78 is 31.9. The number of methoxy groups -OCH3 is 1. The van der Waals surface area contributed by atoms with Crippen LogP contribution >= 0.6 is 0 Å². The molecule has 16 nitrogen and oxygen atoms in total. The van der Waals surface area contributed by atoms with Crippen molar-refractivity contribution < 1.29 is 79.5 Å². The van der Waals surface area contributed by atoms with Crippen molar-refractivity contribution >= 4 is 0 Å². The van der Waals surface area contributed by atoms with E-state index in [9.17, 15) is 51.1 Å². The zero-order valence-corrected chi connectivity index (χ0v) is 18.7. The Morgan fingerprint density at radius 3 is 1.49 bits per heavy atom. The minimum atomic E-state index is -1.87. The summed E-state index contributed by atoms with van der Waals surface area (Å²) in [7, 11) is 1.21. The van der Waals surface area contributed by atoms with Crippen molar-refractivity contribution in [2.24, 2.45) is 0 Å². The van der Waals surface area contributed by atoms with Crippen LogP contribution in [0.2, 0.25) is 0 Å². The molecule has 0 aromatic heterocycles. The second kappa shape index (κ2) is 12.3. The topological polar surface area (TPSA) is 258 Å². The van der Waals surface area contributed by atoms with Crippen LogP contribution in [0.1, 0.15) is 0 Å². The molecular weight excluding hydrogens is 484 g/mol. The van der Waals surface area contributed by atoms with Crippen LogP contribution < -0.4 is 0 Å². The first-order valence-electron chi connectivity index (χ1n) is 11.0. The van der Waals surface area contributed by atoms with Gasteiger partial charge in [-0.2, -0.15) is 0 Å². The predicted molar refractivity (Wildman–Crippen MR) is 106 cm³/mol. The Morgan fingerprint density at radius 2 is 0.943 bits per heavy atom. The maximum atomic E-state index is 10.8. The van der Waals surface area contributed by atoms with Gasteiger partial charge in [0.15, 0.2) is 18.9 Å². The molecule has 3 aliphatic rings. The van der Waals surface area contributed by atoms with Crippen molar-refractivity contribution in [1.82, 2.24) is 0 Å². The van der Waals surface area contributed by atoms with E-state index in [1.807, 2.05) is 0 Å². The van der Waals surface area contributed by atoms with E-state index in [0.29, 0.717) is 0 Å². The van der Waals surface area contributed by atoms with Gasteiger partial charge >= 0.3 is 0 Å². The third-order valence-corrected chi connectivity index (χ3v) is 6.31. The minimum Gasteiger partial charge on any atom is -0.394 e. The fraction of sp³-hybridized carbons (Fsp3) is 1.00. The number of aliphatic hydroxyl groups excluding tert-OH is 10. The van der Waals surface area contributed by atoms with Gasteiger partial charge in [-0.1, -0.05) is 0 Å². The van der Waals surface area contributed by atoms with Gasteiger partial charge in [-0.15, -0.1) is 0 Å². The molecule has 0 bridgehead atoms. The molecule has 3 saturated heterocycles. The van der Waals surface area contributed by atoms with E-state index >= 15 is 0 Å². The largest absolute Gasteiger partial charge is 0.394 e. The van der Waals surface area contributed by atoms with Crippen LogP contribution in [0.3, 0.4) is 0 Å². The minimum absolute atomic E-state index is 0.687. The average molecular weight is 518 g/mol. The van der Waals surface area contributed by atoms with Gasteiger partial charge in [-0.05, 0) is 0 Å². The monoisotopic (exact) mass is 518 g/mol. The maximum absolute atomic E-state index is 10.8. The number of hydrogen-bond acceptors (Lipinski definition) is 16. The highest BCUT2D eigenvalue weighted by Gasteiger charge is 2.53. The summed E-state index contributed by atoms with van der Waals surface area (Å²) in [4.78, 5) is 0. The molecule has 0 aromatic carbocycles. The lowest BCUT2D eigenvalue weighted by molar-refractivity contribution is -0.379. The molecule has 0 aliphatic carbocycles.